The van der Waals surface area contributed by atoms with Crippen LogP contribution in [0.4, 0.5) is 4.79 Å². The van der Waals surface area contributed by atoms with Crippen molar-refractivity contribution in [2.24, 2.45) is 5.92 Å². The van der Waals surface area contributed by atoms with Gasteiger partial charge < -0.3 is 9.64 Å². The van der Waals surface area contributed by atoms with Crippen LogP contribution < -0.4 is 0 Å². The molecule has 6 heteroatoms. The number of carbonyl (C=O) groups is 2. The van der Waals surface area contributed by atoms with Gasteiger partial charge in [0.25, 0.3) is 5.91 Å². The third kappa shape index (κ3) is 3.95. The molecule has 1 aromatic carbocycles. The summed E-state index contributed by atoms with van der Waals surface area (Å²) in [7, 11) is 3.01. The van der Waals surface area contributed by atoms with Crippen molar-refractivity contribution in [2.45, 2.75) is 13.0 Å². The van der Waals surface area contributed by atoms with Gasteiger partial charge in [0.15, 0.2) is 0 Å². The predicted octanol–water partition coefficient (Wildman–Crippen LogP) is 1.66. The maximum absolute atomic E-state index is 12.0. The summed E-state index contributed by atoms with van der Waals surface area (Å²) in [6.45, 7) is 1.15. The first-order valence-electron chi connectivity index (χ1n) is 6.89. The molecule has 1 heterocycles. The highest BCUT2D eigenvalue weighted by Gasteiger charge is 2.33. The minimum Gasteiger partial charge on any atom is -0.445 e. The summed E-state index contributed by atoms with van der Waals surface area (Å²) in [5.41, 5.74) is 0.941. The van der Waals surface area contributed by atoms with Gasteiger partial charge in [0.1, 0.15) is 6.61 Å². The van der Waals surface area contributed by atoms with E-state index in [2.05, 4.69) is 0 Å². The smallest absolute Gasteiger partial charge is 0.410 e. The fraction of sp³-hybridized carbons (Fsp3) is 0.467. The van der Waals surface area contributed by atoms with Gasteiger partial charge in [-0.25, -0.2) is 9.86 Å². The topological polar surface area (TPSA) is 59.1 Å². The number of ether oxygens (including phenoxy) is 1. The minimum absolute atomic E-state index is 0.115. The molecule has 0 bridgehead atoms. The van der Waals surface area contributed by atoms with Gasteiger partial charge in [-0.1, -0.05) is 30.3 Å². The first-order valence-corrected chi connectivity index (χ1v) is 6.89. The fourth-order valence-corrected chi connectivity index (χ4v) is 2.29. The molecule has 1 aliphatic heterocycles. The molecule has 0 N–H and O–H groups in total. The van der Waals surface area contributed by atoms with Crippen LogP contribution >= 0.6 is 0 Å². The van der Waals surface area contributed by atoms with Crippen LogP contribution in [-0.4, -0.2) is 49.2 Å². The van der Waals surface area contributed by atoms with E-state index >= 15 is 0 Å². The molecule has 0 saturated carbocycles. The van der Waals surface area contributed by atoms with E-state index in [-0.39, 0.29) is 24.5 Å². The van der Waals surface area contributed by atoms with Gasteiger partial charge >= 0.3 is 6.09 Å². The Balaban J connectivity index is 1.81. The van der Waals surface area contributed by atoms with E-state index in [0.29, 0.717) is 19.5 Å². The summed E-state index contributed by atoms with van der Waals surface area (Å²) in [5.74, 6) is -0.338. The van der Waals surface area contributed by atoms with Crippen molar-refractivity contribution in [3.05, 3.63) is 35.9 Å². The number of hydrogen-bond donors (Lipinski definition) is 0. The summed E-state index contributed by atoms with van der Waals surface area (Å²) >= 11 is 0. The Kier molecular flexibility index (Phi) is 5.16. The van der Waals surface area contributed by atoms with Crippen molar-refractivity contribution in [1.82, 2.24) is 9.96 Å². The lowest BCUT2D eigenvalue weighted by molar-refractivity contribution is -0.172. The molecule has 1 aliphatic rings. The van der Waals surface area contributed by atoms with Gasteiger partial charge in [-0.3, -0.25) is 9.63 Å². The third-order valence-electron chi connectivity index (χ3n) is 3.59. The third-order valence-corrected chi connectivity index (χ3v) is 3.59. The average molecular weight is 292 g/mol. The highest BCUT2D eigenvalue weighted by Crippen LogP contribution is 2.19. The summed E-state index contributed by atoms with van der Waals surface area (Å²) in [6.07, 6.45) is 0.252. The zero-order chi connectivity index (χ0) is 15.2. The molecule has 1 fully saturated rings. The van der Waals surface area contributed by atoms with Crippen molar-refractivity contribution < 1.29 is 19.2 Å². The Labute approximate surface area is 124 Å². The minimum atomic E-state index is -0.380. The quantitative estimate of drug-likeness (QED) is 0.792. The zero-order valence-electron chi connectivity index (χ0n) is 12.3. The molecule has 0 aromatic heterocycles. The van der Waals surface area contributed by atoms with Crippen LogP contribution in [0.15, 0.2) is 30.3 Å². The number of benzene rings is 1. The summed E-state index contributed by atoms with van der Waals surface area (Å²) in [4.78, 5) is 30.4. The number of nitrogens with zero attached hydrogens (tertiary/aromatic N) is 2. The normalized spacial score (nSPS) is 17.6. The lowest BCUT2D eigenvalue weighted by Gasteiger charge is -2.19. The van der Waals surface area contributed by atoms with Crippen molar-refractivity contribution in [2.75, 3.05) is 27.2 Å². The molecule has 1 aromatic rings. The maximum atomic E-state index is 12.0. The molecular formula is C15H20N2O4. The monoisotopic (exact) mass is 292 g/mol. The van der Waals surface area contributed by atoms with Gasteiger partial charge in [0, 0.05) is 20.1 Å². The molecule has 2 rings (SSSR count). The second kappa shape index (κ2) is 7.08. The van der Waals surface area contributed by atoms with Crippen molar-refractivity contribution in [3.63, 3.8) is 0 Å². The van der Waals surface area contributed by atoms with Gasteiger partial charge in [-0.15, -0.1) is 0 Å². The molecule has 1 saturated heterocycles. The Morgan fingerprint density at radius 2 is 2.05 bits per heavy atom. The molecule has 2 amide bonds. The number of hydroxylamine groups is 2. The molecule has 114 valence electrons. The molecule has 0 spiro atoms. The van der Waals surface area contributed by atoms with Crippen molar-refractivity contribution in [3.8, 4) is 0 Å². The van der Waals surface area contributed by atoms with Crippen LogP contribution in [0.25, 0.3) is 0 Å². The first kappa shape index (κ1) is 15.3. The Bertz CT molecular complexity index is 492. The first-order chi connectivity index (χ1) is 10.1. The molecule has 1 unspecified atom stereocenters. The molecule has 0 radical (unpaired) electrons. The number of likely N-dealkylation sites (tertiary alicyclic amines) is 1. The summed E-state index contributed by atoms with van der Waals surface area (Å²) < 4.78 is 5.26. The van der Waals surface area contributed by atoms with Crippen LogP contribution in [0.2, 0.25) is 0 Å². The van der Waals surface area contributed by atoms with Crippen LogP contribution in [-0.2, 0) is 21.0 Å². The fourth-order valence-electron chi connectivity index (χ4n) is 2.29. The molecule has 1 atom stereocenters. The van der Waals surface area contributed by atoms with Gasteiger partial charge in [0.2, 0.25) is 0 Å². The Morgan fingerprint density at radius 3 is 2.71 bits per heavy atom. The van der Waals surface area contributed by atoms with E-state index in [4.69, 9.17) is 9.57 Å². The zero-order valence-corrected chi connectivity index (χ0v) is 12.3. The van der Waals surface area contributed by atoms with E-state index < -0.39 is 0 Å². The molecule has 0 aliphatic carbocycles. The second-order valence-electron chi connectivity index (χ2n) is 4.99. The van der Waals surface area contributed by atoms with Gasteiger partial charge in [-0.05, 0) is 12.0 Å². The standard InChI is InChI=1S/C15H20N2O4/c1-16(20-2)14(18)13-8-9-17(10-13)15(19)21-11-12-6-4-3-5-7-12/h3-7,13H,8-11H2,1-2H3. The number of rotatable bonds is 4. The highest BCUT2D eigenvalue weighted by molar-refractivity contribution is 5.79. The Hall–Kier alpha value is -2.08. The van der Waals surface area contributed by atoms with Crippen LogP contribution in [0.3, 0.4) is 0 Å². The van der Waals surface area contributed by atoms with E-state index in [1.54, 1.807) is 11.9 Å². The molecule has 6 nitrogen and oxygen atoms in total. The predicted molar refractivity (Wildman–Crippen MR) is 76.1 cm³/mol. The average Bonchev–Trinajstić information content (AvgIpc) is 3.02. The molecule has 21 heavy (non-hydrogen) atoms. The van der Waals surface area contributed by atoms with Crippen LogP contribution in [0.1, 0.15) is 12.0 Å². The van der Waals surface area contributed by atoms with Gasteiger partial charge in [-0.2, -0.15) is 0 Å². The number of amides is 2. The van der Waals surface area contributed by atoms with Gasteiger partial charge in [0.05, 0.1) is 13.0 Å². The maximum Gasteiger partial charge on any atom is 0.410 e. The van der Waals surface area contributed by atoms with E-state index in [1.165, 1.54) is 12.2 Å². The summed E-state index contributed by atoms with van der Waals surface area (Å²) in [6, 6.07) is 9.51. The van der Waals surface area contributed by atoms with Crippen molar-refractivity contribution >= 4 is 12.0 Å². The van der Waals surface area contributed by atoms with E-state index in [0.717, 1.165) is 5.56 Å². The Morgan fingerprint density at radius 1 is 1.33 bits per heavy atom. The second-order valence-corrected chi connectivity index (χ2v) is 4.99. The van der Waals surface area contributed by atoms with E-state index in [1.807, 2.05) is 30.3 Å². The lowest BCUT2D eigenvalue weighted by atomic mass is 10.1. The molecular weight excluding hydrogens is 272 g/mol. The summed E-state index contributed by atoms with van der Waals surface area (Å²) in [5, 5.41) is 1.20. The van der Waals surface area contributed by atoms with Crippen LogP contribution in [0.5, 0.6) is 0 Å². The van der Waals surface area contributed by atoms with Crippen molar-refractivity contribution in [1.29, 1.82) is 0 Å². The number of carbonyl (C=O) groups excluding carboxylic acids is 2. The SMILES string of the molecule is CON(C)C(=O)C1CCN(C(=O)OCc2ccccc2)C1. The van der Waals surface area contributed by atoms with Crippen LogP contribution in [0, 0.1) is 5.92 Å². The largest absolute Gasteiger partial charge is 0.445 e. The highest BCUT2D eigenvalue weighted by atomic mass is 16.7. The lowest BCUT2D eigenvalue weighted by Crippen LogP contribution is -2.35. The van der Waals surface area contributed by atoms with E-state index in [9.17, 15) is 9.59 Å². The number of hydrogen-bond acceptors (Lipinski definition) is 4.